The van der Waals surface area contributed by atoms with E-state index in [1.54, 1.807) is 17.5 Å². The molecule has 3 rings (SSSR count). The molecule has 3 aromatic rings. The molecule has 5 heteroatoms. The van der Waals surface area contributed by atoms with Gasteiger partial charge in [-0.2, -0.15) is 0 Å². The van der Waals surface area contributed by atoms with Gasteiger partial charge < -0.3 is 10.1 Å². The second-order valence-corrected chi connectivity index (χ2v) is 7.03. The van der Waals surface area contributed by atoms with Crippen LogP contribution in [0.15, 0.2) is 58.5 Å². The van der Waals surface area contributed by atoms with Gasteiger partial charge in [-0.05, 0) is 30.7 Å². The molecular formula is C18H17BrN2OS. The van der Waals surface area contributed by atoms with Gasteiger partial charge in [-0.1, -0.05) is 45.8 Å². The lowest BCUT2D eigenvalue weighted by Crippen LogP contribution is -2.03. The predicted octanol–water partition coefficient (Wildman–Crippen LogP) is 5.41. The Hall–Kier alpha value is -1.85. The number of benzene rings is 2. The minimum Gasteiger partial charge on any atom is -0.489 e. The zero-order valence-corrected chi connectivity index (χ0v) is 15.2. The molecule has 0 bridgehead atoms. The van der Waals surface area contributed by atoms with Crippen molar-refractivity contribution in [1.82, 2.24) is 4.98 Å². The van der Waals surface area contributed by atoms with E-state index in [-0.39, 0.29) is 0 Å². The average Bonchev–Trinajstić information content (AvgIpc) is 3.05. The van der Waals surface area contributed by atoms with E-state index in [9.17, 15) is 0 Å². The van der Waals surface area contributed by atoms with Crippen LogP contribution < -0.4 is 10.1 Å². The molecule has 0 aliphatic heterocycles. The molecule has 0 unspecified atom stereocenters. The summed E-state index contributed by atoms with van der Waals surface area (Å²) in [5.41, 5.74) is 3.52. The number of aromatic nitrogens is 1. The second kappa shape index (κ2) is 7.62. The van der Waals surface area contributed by atoms with Gasteiger partial charge >= 0.3 is 0 Å². The predicted molar refractivity (Wildman–Crippen MR) is 99.1 cm³/mol. The normalized spacial score (nSPS) is 10.5. The molecule has 0 amide bonds. The van der Waals surface area contributed by atoms with Gasteiger partial charge in [0.25, 0.3) is 0 Å². The Morgan fingerprint density at radius 3 is 2.91 bits per heavy atom. The Morgan fingerprint density at radius 2 is 2.13 bits per heavy atom. The number of hydrogen-bond donors (Lipinski definition) is 1. The van der Waals surface area contributed by atoms with Crippen molar-refractivity contribution in [2.24, 2.45) is 0 Å². The van der Waals surface area contributed by atoms with Gasteiger partial charge in [0.1, 0.15) is 12.4 Å². The van der Waals surface area contributed by atoms with Crippen LogP contribution in [0.4, 0.5) is 5.13 Å². The number of thiazole rings is 1. The molecule has 0 aliphatic rings. The first-order chi connectivity index (χ1) is 11.2. The number of aryl methyl sites for hydroxylation is 1. The minimum atomic E-state index is 0.563. The maximum Gasteiger partial charge on any atom is 0.182 e. The van der Waals surface area contributed by atoms with E-state index in [2.05, 4.69) is 63.5 Å². The monoisotopic (exact) mass is 388 g/mol. The highest BCUT2D eigenvalue weighted by atomic mass is 79.9. The van der Waals surface area contributed by atoms with E-state index < -0.39 is 0 Å². The van der Waals surface area contributed by atoms with Crippen LogP contribution in [0, 0.1) is 6.92 Å². The van der Waals surface area contributed by atoms with Crippen LogP contribution in [0.25, 0.3) is 0 Å². The molecule has 0 radical (unpaired) electrons. The average molecular weight is 389 g/mol. The van der Waals surface area contributed by atoms with Crippen molar-refractivity contribution < 1.29 is 4.74 Å². The molecule has 0 saturated heterocycles. The lowest BCUT2D eigenvalue weighted by molar-refractivity contribution is 0.303. The van der Waals surface area contributed by atoms with Gasteiger partial charge in [0.2, 0.25) is 0 Å². The third-order valence-corrected chi connectivity index (χ3v) is 4.59. The van der Waals surface area contributed by atoms with Crippen LogP contribution in [0.1, 0.15) is 16.7 Å². The lowest BCUT2D eigenvalue weighted by Gasteiger charge is -2.13. The number of halogens is 1. The fourth-order valence-corrected chi connectivity index (χ4v) is 3.21. The lowest BCUT2D eigenvalue weighted by atomic mass is 10.1. The fraction of sp³-hybridized carbons (Fsp3) is 0.167. The Kier molecular flexibility index (Phi) is 5.31. The fourth-order valence-electron chi connectivity index (χ4n) is 2.27. The Labute approximate surface area is 148 Å². The van der Waals surface area contributed by atoms with Crippen LogP contribution in [-0.2, 0) is 13.2 Å². The van der Waals surface area contributed by atoms with Gasteiger partial charge in [0.15, 0.2) is 5.13 Å². The van der Waals surface area contributed by atoms with Crippen molar-refractivity contribution in [1.29, 1.82) is 0 Å². The maximum atomic E-state index is 6.03. The molecule has 2 aromatic carbocycles. The summed E-state index contributed by atoms with van der Waals surface area (Å²) in [5.74, 6) is 0.888. The third-order valence-electron chi connectivity index (χ3n) is 3.36. The highest BCUT2D eigenvalue weighted by Gasteiger charge is 2.06. The SMILES string of the molecule is Cc1cccc(COc2ccc(Br)cc2CNc2nccs2)c1. The zero-order chi connectivity index (χ0) is 16.1. The molecule has 1 N–H and O–H groups in total. The molecule has 1 heterocycles. The molecule has 118 valence electrons. The summed E-state index contributed by atoms with van der Waals surface area (Å²) in [6.45, 7) is 3.33. The topological polar surface area (TPSA) is 34.1 Å². The Morgan fingerprint density at radius 1 is 1.22 bits per heavy atom. The van der Waals surface area contributed by atoms with Gasteiger partial charge in [-0.15, -0.1) is 11.3 Å². The molecule has 1 aromatic heterocycles. The molecular weight excluding hydrogens is 372 g/mol. The van der Waals surface area contributed by atoms with Crippen molar-refractivity contribution in [3.63, 3.8) is 0 Å². The summed E-state index contributed by atoms with van der Waals surface area (Å²) in [6.07, 6.45) is 1.79. The molecule has 0 spiro atoms. The summed E-state index contributed by atoms with van der Waals surface area (Å²) < 4.78 is 7.06. The van der Waals surface area contributed by atoms with Crippen LogP contribution in [-0.4, -0.2) is 4.98 Å². The number of nitrogens with one attached hydrogen (secondary N) is 1. The van der Waals surface area contributed by atoms with Crippen molar-refractivity contribution in [2.45, 2.75) is 20.1 Å². The number of rotatable bonds is 6. The molecule has 0 aliphatic carbocycles. The summed E-state index contributed by atoms with van der Waals surface area (Å²) in [6, 6.07) is 14.4. The number of hydrogen-bond acceptors (Lipinski definition) is 4. The van der Waals surface area contributed by atoms with Crippen LogP contribution in [0.2, 0.25) is 0 Å². The molecule has 3 nitrogen and oxygen atoms in total. The highest BCUT2D eigenvalue weighted by molar-refractivity contribution is 9.10. The van der Waals surface area contributed by atoms with E-state index in [0.29, 0.717) is 13.2 Å². The van der Waals surface area contributed by atoms with Gasteiger partial charge in [-0.25, -0.2) is 4.98 Å². The van der Waals surface area contributed by atoms with Gasteiger partial charge in [0, 0.05) is 28.2 Å². The largest absolute Gasteiger partial charge is 0.489 e. The van der Waals surface area contributed by atoms with Gasteiger partial charge in [0.05, 0.1) is 0 Å². The summed E-state index contributed by atoms with van der Waals surface area (Å²) in [7, 11) is 0. The maximum absolute atomic E-state index is 6.03. The number of nitrogens with zero attached hydrogens (tertiary/aromatic N) is 1. The third kappa shape index (κ3) is 4.56. The van der Waals surface area contributed by atoms with Crippen LogP contribution in [0.5, 0.6) is 5.75 Å². The van der Waals surface area contributed by atoms with Crippen molar-refractivity contribution in [3.05, 3.63) is 75.2 Å². The van der Waals surface area contributed by atoms with Crippen molar-refractivity contribution in [2.75, 3.05) is 5.32 Å². The summed E-state index contributed by atoms with van der Waals surface area (Å²) >= 11 is 5.11. The Bertz CT molecular complexity index is 774. The second-order valence-electron chi connectivity index (χ2n) is 5.22. The van der Waals surface area contributed by atoms with Crippen molar-refractivity contribution >= 4 is 32.4 Å². The van der Waals surface area contributed by atoms with E-state index in [0.717, 1.165) is 20.9 Å². The van der Waals surface area contributed by atoms with Crippen LogP contribution >= 0.6 is 27.3 Å². The first kappa shape index (κ1) is 16.0. The summed E-state index contributed by atoms with van der Waals surface area (Å²) in [5, 5.41) is 6.19. The minimum absolute atomic E-state index is 0.563. The van der Waals surface area contributed by atoms with E-state index in [1.165, 1.54) is 11.1 Å². The first-order valence-corrected chi connectivity index (χ1v) is 8.98. The van der Waals surface area contributed by atoms with E-state index in [4.69, 9.17) is 4.74 Å². The van der Waals surface area contributed by atoms with E-state index in [1.807, 2.05) is 17.5 Å². The molecule has 23 heavy (non-hydrogen) atoms. The molecule has 0 saturated carbocycles. The standard InChI is InChI=1S/C18H17BrN2OS/c1-13-3-2-4-14(9-13)12-22-17-6-5-16(19)10-15(17)11-21-18-20-7-8-23-18/h2-10H,11-12H2,1H3,(H,20,21). The highest BCUT2D eigenvalue weighted by Crippen LogP contribution is 2.25. The molecule has 0 fully saturated rings. The van der Waals surface area contributed by atoms with Gasteiger partial charge in [-0.3, -0.25) is 0 Å². The first-order valence-electron chi connectivity index (χ1n) is 7.31. The molecule has 0 atom stereocenters. The zero-order valence-electron chi connectivity index (χ0n) is 12.8. The number of ether oxygens (including phenoxy) is 1. The summed E-state index contributed by atoms with van der Waals surface area (Å²) in [4.78, 5) is 4.24. The Balaban J connectivity index is 1.70. The van der Waals surface area contributed by atoms with Crippen LogP contribution in [0.3, 0.4) is 0 Å². The van der Waals surface area contributed by atoms with E-state index >= 15 is 0 Å². The van der Waals surface area contributed by atoms with Crippen molar-refractivity contribution in [3.8, 4) is 5.75 Å². The number of anilines is 1. The smallest absolute Gasteiger partial charge is 0.182 e. The quantitative estimate of drug-likeness (QED) is 0.613.